The van der Waals surface area contributed by atoms with Crippen molar-refractivity contribution in [3.8, 4) is 11.8 Å². The molecule has 0 spiro atoms. The van der Waals surface area contributed by atoms with E-state index >= 15 is 0 Å². The van der Waals surface area contributed by atoms with Gasteiger partial charge >= 0.3 is 5.97 Å². The van der Waals surface area contributed by atoms with E-state index in [2.05, 4.69) is 79.1 Å². The van der Waals surface area contributed by atoms with Crippen molar-refractivity contribution in [1.82, 2.24) is 4.90 Å². The molecule has 0 heterocycles. The van der Waals surface area contributed by atoms with E-state index in [9.17, 15) is 4.79 Å². The first kappa shape index (κ1) is 20.7. The molecular weight excluding hydrogens is 334 g/mol. The van der Waals surface area contributed by atoms with Gasteiger partial charge in [0.25, 0.3) is 0 Å². The molecule has 3 nitrogen and oxygen atoms in total. The fourth-order valence-electron chi connectivity index (χ4n) is 2.97. The molecule has 0 saturated heterocycles. The van der Waals surface area contributed by atoms with Gasteiger partial charge in [-0.15, -0.1) is 0 Å². The summed E-state index contributed by atoms with van der Waals surface area (Å²) < 4.78 is 4.98. The van der Waals surface area contributed by atoms with Gasteiger partial charge in [0.2, 0.25) is 0 Å². The van der Waals surface area contributed by atoms with Crippen LogP contribution in [0, 0.1) is 17.8 Å². The largest absolute Gasteiger partial charge is 0.456 e. The Labute approximate surface area is 163 Å². The van der Waals surface area contributed by atoms with Gasteiger partial charge in [-0.3, -0.25) is 4.90 Å². The lowest BCUT2D eigenvalue weighted by atomic mass is 10.0. The maximum absolute atomic E-state index is 11.8. The summed E-state index contributed by atoms with van der Waals surface area (Å²) in [5.41, 5.74) is 2.47. The number of esters is 1. The maximum atomic E-state index is 11.8. The van der Waals surface area contributed by atoms with Crippen LogP contribution < -0.4 is 0 Å². The summed E-state index contributed by atoms with van der Waals surface area (Å²) in [5.74, 6) is 5.89. The van der Waals surface area contributed by atoms with Crippen molar-refractivity contribution in [2.45, 2.75) is 46.3 Å². The third-order valence-corrected chi connectivity index (χ3v) is 4.21. The third kappa shape index (κ3) is 7.68. The van der Waals surface area contributed by atoms with Gasteiger partial charge in [-0.2, -0.15) is 0 Å². The van der Waals surface area contributed by atoms with E-state index in [-0.39, 0.29) is 6.04 Å². The predicted molar refractivity (Wildman–Crippen MR) is 110 cm³/mol. The van der Waals surface area contributed by atoms with E-state index in [0.29, 0.717) is 12.5 Å². The van der Waals surface area contributed by atoms with Crippen molar-refractivity contribution in [2.24, 2.45) is 5.92 Å². The number of benzene rings is 2. The smallest absolute Gasteiger partial charge is 0.384 e. The lowest BCUT2D eigenvalue weighted by Crippen LogP contribution is -2.34. The molecule has 0 fully saturated rings. The molecule has 3 heteroatoms. The lowest BCUT2D eigenvalue weighted by Gasteiger charge is -2.29. The minimum Gasteiger partial charge on any atom is -0.456 e. The van der Waals surface area contributed by atoms with Gasteiger partial charge in [-0.25, -0.2) is 4.79 Å². The predicted octanol–water partition coefficient (Wildman–Crippen LogP) is 4.67. The Hall–Kier alpha value is -2.57. The van der Waals surface area contributed by atoms with Gasteiger partial charge in [0.05, 0.1) is 12.6 Å². The Kier molecular flexibility index (Phi) is 8.61. The average Bonchev–Trinajstić information content (AvgIpc) is 2.66. The molecule has 0 amide bonds. The molecule has 0 saturated carbocycles. The molecule has 0 aromatic heterocycles. The molecule has 0 aliphatic heterocycles. The van der Waals surface area contributed by atoms with Crippen LogP contribution in [-0.4, -0.2) is 23.5 Å². The van der Waals surface area contributed by atoms with Gasteiger partial charge in [-0.05, 0) is 30.4 Å². The van der Waals surface area contributed by atoms with E-state index in [1.807, 2.05) is 12.1 Å². The monoisotopic (exact) mass is 363 g/mol. The first-order valence-corrected chi connectivity index (χ1v) is 9.58. The molecule has 1 atom stereocenters. The molecule has 0 radical (unpaired) electrons. The van der Waals surface area contributed by atoms with Gasteiger partial charge in [0.15, 0.2) is 0 Å². The van der Waals surface area contributed by atoms with E-state index in [1.54, 1.807) is 6.92 Å². The summed E-state index contributed by atoms with van der Waals surface area (Å²) in [5, 5.41) is 0. The van der Waals surface area contributed by atoms with Crippen LogP contribution in [0.15, 0.2) is 60.7 Å². The molecular formula is C24H29NO2. The van der Waals surface area contributed by atoms with Crippen LogP contribution in [0.25, 0.3) is 0 Å². The topological polar surface area (TPSA) is 29.5 Å². The highest BCUT2D eigenvalue weighted by atomic mass is 16.5. The van der Waals surface area contributed by atoms with Gasteiger partial charge in [0, 0.05) is 19.0 Å². The van der Waals surface area contributed by atoms with Crippen LogP contribution in [-0.2, 0) is 22.6 Å². The summed E-state index contributed by atoms with van der Waals surface area (Å²) in [6.45, 7) is 8.07. The van der Waals surface area contributed by atoms with Crippen molar-refractivity contribution in [2.75, 3.05) is 6.61 Å². The fourth-order valence-corrected chi connectivity index (χ4v) is 2.97. The second-order valence-corrected chi connectivity index (χ2v) is 7.01. The molecule has 0 aliphatic carbocycles. The van der Waals surface area contributed by atoms with Crippen molar-refractivity contribution in [3.63, 3.8) is 0 Å². The van der Waals surface area contributed by atoms with E-state index in [1.165, 1.54) is 11.1 Å². The lowest BCUT2D eigenvalue weighted by molar-refractivity contribution is -0.136. The van der Waals surface area contributed by atoms with Gasteiger partial charge in [0.1, 0.15) is 0 Å². The zero-order valence-electron chi connectivity index (χ0n) is 16.5. The van der Waals surface area contributed by atoms with Crippen LogP contribution >= 0.6 is 0 Å². The van der Waals surface area contributed by atoms with Crippen LogP contribution in [0.2, 0.25) is 0 Å². The van der Waals surface area contributed by atoms with Gasteiger partial charge in [-0.1, -0.05) is 80.4 Å². The van der Waals surface area contributed by atoms with Crippen LogP contribution in [0.3, 0.4) is 0 Å². The van der Waals surface area contributed by atoms with Crippen LogP contribution in [0.1, 0.15) is 38.3 Å². The molecule has 27 heavy (non-hydrogen) atoms. The van der Waals surface area contributed by atoms with Gasteiger partial charge < -0.3 is 4.74 Å². The Morgan fingerprint density at radius 1 is 0.963 bits per heavy atom. The molecule has 0 N–H and O–H groups in total. The first-order valence-electron chi connectivity index (χ1n) is 9.58. The molecule has 2 rings (SSSR count). The number of hydrogen-bond donors (Lipinski definition) is 0. The summed E-state index contributed by atoms with van der Waals surface area (Å²) in [4.78, 5) is 14.1. The Morgan fingerprint density at radius 2 is 1.48 bits per heavy atom. The highest BCUT2D eigenvalue weighted by molar-refractivity contribution is 5.88. The van der Waals surface area contributed by atoms with Crippen molar-refractivity contribution >= 4 is 5.97 Å². The second kappa shape index (κ2) is 11.2. The highest BCUT2D eigenvalue weighted by Crippen LogP contribution is 2.18. The van der Waals surface area contributed by atoms with Crippen LogP contribution in [0.4, 0.5) is 0 Å². The van der Waals surface area contributed by atoms with E-state index in [0.717, 1.165) is 19.5 Å². The van der Waals surface area contributed by atoms with E-state index in [4.69, 9.17) is 4.74 Å². The second-order valence-electron chi connectivity index (χ2n) is 7.01. The summed E-state index contributed by atoms with van der Waals surface area (Å²) in [7, 11) is 0. The summed E-state index contributed by atoms with van der Waals surface area (Å²) >= 11 is 0. The first-order chi connectivity index (χ1) is 13.1. The number of carbonyl (C=O) groups excluding carboxylic acids is 1. The average molecular weight is 364 g/mol. The van der Waals surface area contributed by atoms with E-state index < -0.39 is 5.97 Å². The minimum atomic E-state index is -0.453. The summed E-state index contributed by atoms with van der Waals surface area (Å²) in [6.07, 6.45) is 0.895. The standard InChI is InChI=1S/C24H29NO2/c1-4-27-24(26)16-15-23(17-20(2)3)25(18-21-11-7-5-8-12-21)19-22-13-9-6-10-14-22/h5-14,20,23H,4,17-19H2,1-3H3. The molecule has 0 bridgehead atoms. The maximum Gasteiger partial charge on any atom is 0.384 e. The van der Waals surface area contributed by atoms with Crippen molar-refractivity contribution < 1.29 is 9.53 Å². The fraction of sp³-hybridized carbons (Fsp3) is 0.375. The third-order valence-electron chi connectivity index (χ3n) is 4.21. The minimum absolute atomic E-state index is 0.0187. The number of rotatable bonds is 8. The Morgan fingerprint density at radius 3 is 1.93 bits per heavy atom. The molecule has 2 aromatic carbocycles. The normalized spacial score (nSPS) is 11.7. The number of ether oxygens (including phenoxy) is 1. The number of nitrogens with zero attached hydrogens (tertiary/aromatic N) is 1. The zero-order chi connectivity index (χ0) is 19.5. The number of carbonyl (C=O) groups is 1. The molecule has 2 aromatic rings. The Balaban J connectivity index is 2.28. The zero-order valence-corrected chi connectivity index (χ0v) is 16.5. The van der Waals surface area contributed by atoms with Crippen molar-refractivity contribution in [3.05, 3.63) is 71.8 Å². The SMILES string of the molecule is CCOC(=O)C#CC(CC(C)C)N(Cc1ccccc1)Cc1ccccc1. The molecule has 1 unspecified atom stereocenters. The molecule has 0 aliphatic rings. The molecule has 142 valence electrons. The Bertz CT molecular complexity index is 703. The summed E-state index contributed by atoms with van der Waals surface area (Å²) in [6, 6.07) is 20.8. The number of hydrogen-bond acceptors (Lipinski definition) is 3. The van der Waals surface area contributed by atoms with Crippen molar-refractivity contribution in [1.29, 1.82) is 0 Å². The quantitative estimate of drug-likeness (QED) is 0.388. The van der Waals surface area contributed by atoms with Crippen LogP contribution in [0.5, 0.6) is 0 Å². The highest BCUT2D eigenvalue weighted by Gasteiger charge is 2.19.